The molecule has 0 aromatic carbocycles. The van der Waals surface area contributed by atoms with Crippen molar-refractivity contribution in [2.24, 2.45) is 11.8 Å². The summed E-state index contributed by atoms with van der Waals surface area (Å²) in [6.45, 7) is 3.56. The van der Waals surface area contributed by atoms with E-state index in [4.69, 9.17) is 5.11 Å². The number of likely N-dealkylation sites (tertiary alicyclic amines) is 1. The summed E-state index contributed by atoms with van der Waals surface area (Å²) in [5, 5.41) is 8.86. The molecule has 1 aliphatic carbocycles. The first kappa shape index (κ1) is 12.8. The highest BCUT2D eigenvalue weighted by molar-refractivity contribution is 5.71. The van der Waals surface area contributed by atoms with Crippen molar-refractivity contribution >= 4 is 5.97 Å². The van der Waals surface area contributed by atoms with Gasteiger partial charge >= 0.3 is 5.97 Å². The zero-order chi connectivity index (χ0) is 12.4. The fraction of sp³-hybridized carbons (Fsp3) is 0.923. The van der Waals surface area contributed by atoms with Crippen molar-refractivity contribution < 1.29 is 9.90 Å². The van der Waals surface area contributed by atoms with E-state index >= 15 is 0 Å². The first-order chi connectivity index (χ1) is 8.06. The molecule has 2 rings (SSSR count). The largest absolute Gasteiger partial charge is 0.481 e. The Morgan fingerprint density at radius 2 is 1.94 bits per heavy atom. The molecule has 0 atom stereocenters. The number of rotatable bonds is 4. The van der Waals surface area contributed by atoms with Crippen molar-refractivity contribution in [3.63, 3.8) is 0 Å². The Morgan fingerprint density at radius 3 is 2.47 bits per heavy atom. The molecule has 98 valence electrons. The van der Waals surface area contributed by atoms with Crippen LogP contribution >= 0.6 is 0 Å². The standard InChI is InChI=1S/C13H24N2O2/c1-14-5-3-10(4-6-14)9-15(2)12-7-11(8-12)13(16)17/h10-12H,3-9H2,1-2H3,(H,16,17). The zero-order valence-corrected chi connectivity index (χ0v) is 10.9. The highest BCUT2D eigenvalue weighted by atomic mass is 16.4. The molecule has 0 unspecified atom stereocenters. The lowest BCUT2D eigenvalue weighted by Crippen LogP contribution is -2.47. The van der Waals surface area contributed by atoms with E-state index in [1.165, 1.54) is 25.9 Å². The molecule has 0 amide bonds. The number of carboxylic acid groups (broad SMARTS) is 1. The second kappa shape index (κ2) is 5.36. The molecule has 2 aliphatic rings. The molecule has 1 N–H and O–H groups in total. The normalized spacial score (nSPS) is 31.5. The number of carboxylic acids is 1. The van der Waals surface area contributed by atoms with E-state index in [-0.39, 0.29) is 5.92 Å². The fourth-order valence-electron chi connectivity index (χ4n) is 2.95. The van der Waals surface area contributed by atoms with Crippen molar-refractivity contribution in [2.75, 3.05) is 33.7 Å². The highest BCUT2D eigenvalue weighted by Gasteiger charge is 2.37. The second-order valence-corrected chi connectivity index (χ2v) is 5.85. The average Bonchev–Trinajstić information content (AvgIpc) is 2.18. The smallest absolute Gasteiger partial charge is 0.306 e. The zero-order valence-electron chi connectivity index (χ0n) is 10.9. The predicted molar refractivity (Wildman–Crippen MR) is 67.0 cm³/mol. The van der Waals surface area contributed by atoms with E-state index < -0.39 is 5.97 Å². The highest BCUT2D eigenvalue weighted by Crippen LogP contribution is 2.32. The minimum atomic E-state index is -0.617. The van der Waals surface area contributed by atoms with Gasteiger partial charge in [0.25, 0.3) is 0 Å². The van der Waals surface area contributed by atoms with Gasteiger partial charge in [-0.3, -0.25) is 4.79 Å². The molecule has 0 bridgehead atoms. The van der Waals surface area contributed by atoms with Crippen molar-refractivity contribution in [1.29, 1.82) is 0 Å². The number of piperidine rings is 1. The van der Waals surface area contributed by atoms with Crippen molar-refractivity contribution in [3.8, 4) is 0 Å². The first-order valence-electron chi connectivity index (χ1n) is 6.68. The molecular weight excluding hydrogens is 216 g/mol. The molecule has 0 aromatic rings. The lowest BCUT2D eigenvalue weighted by Gasteiger charge is -2.41. The second-order valence-electron chi connectivity index (χ2n) is 5.85. The van der Waals surface area contributed by atoms with Gasteiger partial charge in [-0.05, 0) is 58.8 Å². The SMILES string of the molecule is CN1CCC(CN(C)C2CC(C(=O)O)C2)CC1. The Balaban J connectivity index is 1.68. The Labute approximate surface area is 104 Å². The van der Waals surface area contributed by atoms with E-state index in [1.54, 1.807) is 0 Å². The number of carbonyl (C=O) groups is 1. The summed E-state index contributed by atoms with van der Waals surface area (Å²) in [7, 11) is 4.34. The molecule has 1 heterocycles. The van der Waals surface area contributed by atoms with Crippen LogP contribution in [0.25, 0.3) is 0 Å². The molecule has 1 aliphatic heterocycles. The van der Waals surface area contributed by atoms with E-state index in [0.29, 0.717) is 6.04 Å². The number of hydrogen-bond acceptors (Lipinski definition) is 3. The summed E-state index contributed by atoms with van der Waals surface area (Å²) in [4.78, 5) is 15.5. The Morgan fingerprint density at radius 1 is 1.35 bits per heavy atom. The predicted octanol–water partition coefficient (Wildman–Crippen LogP) is 1.12. The first-order valence-corrected chi connectivity index (χ1v) is 6.68. The van der Waals surface area contributed by atoms with Gasteiger partial charge < -0.3 is 14.9 Å². The Kier molecular flexibility index (Phi) is 4.05. The van der Waals surface area contributed by atoms with Gasteiger partial charge in [0.2, 0.25) is 0 Å². The van der Waals surface area contributed by atoms with E-state index in [0.717, 1.165) is 25.3 Å². The maximum atomic E-state index is 10.8. The van der Waals surface area contributed by atoms with Crippen LogP contribution in [-0.4, -0.2) is 60.6 Å². The molecule has 1 saturated carbocycles. The Bertz CT molecular complexity index is 269. The molecule has 2 fully saturated rings. The van der Waals surface area contributed by atoms with Gasteiger partial charge in [0, 0.05) is 12.6 Å². The lowest BCUT2D eigenvalue weighted by atomic mass is 9.79. The molecular formula is C13H24N2O2. The summed E-state index contributed by atoms with van der Waals surface area (Å²) < 4.78 is 0. The summed E-state index contributed by atoms with van der Waals surface area (Å²) in [5.74, 6) is 0.106. The van der Waals surface area contributed by atoms with Gasteiger partial charge in [0.1, 0.15) is 0 Å². The van der Waals surface area contributed by atoms with Crippen molar-refractivity contribution in [2.45, 2.75) is 31.7 Å². The van der Waals surface area contributed by atoms with Crippen LogP contribution in [0.15, 0.2) is 0 Å². The van der Waals surface area contributed by atoms with Crippen LogP contribution in [0, 0.1) is 11.8 Å². The molecule has 1 saturated heterocycles. The maximum absolute atomic E-state index is 10.8. The molecule has 17 heavy (non-hydrogen) atoms. The van der Waals surface area contributed by atoms with Crippen molar-refractivity contribution in [1.82, 2.24) is 9.80 Å². The monoisotopic (exact) mass is 240 g/mol. The van der Waals surface area contributed by atoms with Crippen LogP contribution in [-0.2, 0) is 4.79 Å². The van der Waals surface area contributed by atoms with Crippen LogP contribution < -0.4 is 0 Å². The summed E-state index contributed by atoms with van der Waals surface area (Å²) in [6, 6.07) is 0.510. The molecule has 0 aromatic heterocycles. The summed E-state index contributed by atoms with van der Waals surface area (Å²) >= 11 is 0. The van der Waals surface area contributed by atoms with E-state index in [9.17, 15) is 4.79 Å². The number of nitrogens with zero attached hydrogens (tertiary/aromatic N) is 2. The van der Waals surface area contributed by atoms with E-state index in [1.807, 2.05) is 0 Å². The lowest BCUT2D eigenvalue weighted by molar-refractivity contribution is -0.146. The van der Waals surface area contributed by atoms with Crippen molar-refractivity contribution in [3.05, 3.63) is 0 Å². The number of aliphatic carboxylic acids is 1. The topological polar surface area (TPSA) is 43.8 Å². The fourth-order valence-corrected chi connectivity index (χ4v) is 2.95. The van der Waals surface area contributed by atoms with Gasteiger partial charge in [-0.15, -0.1) is 0 Å². The maximum Gasteiger partial charge on any atom is 0.306 e. The third-order valence-electron chi connectivity index (χ3n) is 4.47. The molecule has 0 spiro atoms. The van der Waals surface area contributed by atoms with Crippen LogP contribution in [0.3, 0.4) is 0 Å². The quantitative estimate of drug-likeness (QED) is 0.800. The molecule has 4 nitrogen and oxygen atoms in total. The van der Waals surface area contributed by atoms with Crippen LogP contribution in [0.2, 0.25) is 0 Å². The minimum Gasteiger partial charge on any atom is -0.481 e. The van der Waals surface area contributed by atoms with Gasteiger partial charge in [-0.2, -0.15) is 0 Å². The third kappa shape index (κ3) is 3.19. The number of hydrogen-bond donors (Lipinski definition) is 1. The van der Waals surface area contributed by atoms with Crippen LogP contribution in [0.1, 0.15) is 25.7 Å². The van der Waals surface area contributed by atoms with Crippen LogP contribution in [0.4, 0.5) is 0 Å². The van der Waals surface area contributed by atoms with E-state index in [2.05, 4.69) is 23.9 Å². The minimum absolute atomic E-state index is 0.0834. The Hall–Kier alpha value is -0.610. The van der Waals surface area contributed by atoms with Crippen LogP contribution in [0.5, 0.6) is 0 Å². The third-order valence-corrected chi connectivity index (χ3v) is 4.47. The molecule has 4 heteroatoms. The van der Waals surface area contributed by atoms with Gasteiger partial charge in [-0.25, -0.2) is 0 Å². The average molecular weight is 240 g/mol. The van der Waals surface area contributed by atoms with Gasteiger partial charge in [0.15, 0.2) is 0 Å². The summed E-state index contributed by atoms with van der Waals surface area (Å²) in [6.07, 6.45) is 4.27. The molecule has 0 radical (unpaired) electrons. The summed E-state index contributed by atoms with van der Waals surface area (Å²) in [5.41, 5.74) is 0. The van der Waals surface area contributed by atoms with Gasteiger partial charge in [-0.1, -0.05) is 0 Å². The van der Waals surface area contributed by atoms with Gasteiger partial charge in [0.05, 0.1) is 5.92 Å².